The van der Waals surface area contributed by atoms with Crippen LogP contribution >= 0.6 is 11.8 Å². The highest BCUT2D eigenvalue weighted by Crippen LogP contribution is 2.46. The van der Waals surface area contributed by atoms with Gasteiger partial charge in [0.05, 0.1) is 24.5 Å². The van der Waals surface area contributed by atoms with E-state index in [1.807, 2.05) is 13.8 Å². The number of hydrogen-bond donors (Lipinski definition) is 2. The Morgan fingerprint density at radius 3 is 2.81 bits per heavy atom. The molecule has 1 amide bonds. The largest absolute Gasteiger partial charge is 0.482 e. The number of amidine groups is 1. The number of aromatic nitrogens is 2. The lowest BCUT2D eigenvalue weighted by Crippen LogP contribution is -2.43. The zero-order valence-corrected chi connectivity index (χ0v) is 21.3. The first-order valence-electron chi connectivity index (χ1n) is 11.2. The molecule has 36 heavy (non-hydrogen) atoms. The molecule has 0 saturated heterocycles. The van der Waals surface area contributed by atoms with Gasteiger partial charge in [-0.3, -0.25) is 9.79 Å². The third-order valence-corrected chi connectivity index (χ3v) is 6.85. The summed E-state index contributed by atoms with van der Waals surface area (Å²) in [5.41, 5.74) is 6.78. The monoisotopic (exact) mass is 513 g/mol. The molecule has 1 aromatic carbocycles. The summed E-state index contributed by atoms with van der Waals surface area (Å²) in [4.78, 5) is 25.8. The maximum atomic E-state index is 15.0. The van der Waals surface area contributed by atoms with Gasteiger partial charge in [0.25, 0.3) is 5.91 Å². The van der Waals surface area contributed by atoms with E-state index in [4.69, 9.17) is 19.6 Å². The van der Waals surface area contributed by atoms with Crippen molar-refractivity contribution in [3.8, 4) is 5.75 Å². The number of halogens is 1. The van der Waals surface area contributed by atoms with E-state index in [0.717, 1.165) is 0 Å². The maximum Gasteiger partial charge on any atom is 0.274 e. The Morgan fingerprint density at radius 1 is 1.31 bits per heavy atom. The van der Waals surface area contributed by atoms with E-state index in [9.17, 15) is 4.79 Å². The van der Waals surface area contributed by atoms with Crippen molar-refractivity contribution in [3.63, 3.8) is 0 Å². The molecular formula is C25H28FN5O4S. The summed E-state index contributed by atoms with van der Waals surface area (Å²) >= 11 is 1.42. The van der Waals surface area contributed by atoms with Gasteiger partial charge in [-0.25, -0.2) is 14.4 Å². The Morgan fingerprint density at radius 2 is 2.11 bits per heavy atom. The zero-order chi connectivity index (χ0) is 25.9. The summed E-state index contributed by atoms with van der Waals surface area (Å²) in [6.07, 6.45) is 4.95. The number of aryl methyl sites for hydroxylation is 1. The van der Waals surface area contributed by atoms with Crippen molar-refractivity contribution in [3.05, 3.63) is 71.5 Å². The highest BCUT2D eigenvalue weighted by molar-refractivity contribution is 8.15. The molecule has 0 unspecified atom stereocenters. The standard InChI is InChI=1S/C25H28FN5O4S/c1-15-9-17(35-12-20-28-7-8-34-20)11-29-21(15)22(32)30-16-5-6-19(26)18(10-16)25(3)13-24(2,14-33-4)36-23(27)31-25/h5-11H,12-14H2,1-4H3,(H2,27,31)(H,30,32)/t24-,25+/m1/s1. The van der Waals surface area contributed by atoms with Gasteiger partial charge in [-0.1, -0.05) is 11.8 Å². The molecule has 0 aliphatic carbocycles. The molecule has 11 heteroatoms. The molecule has 4 rings (SSSR count). The maximum absolute atomic E-state index is 15.0. The van der Waals surface area contributed by atoms with Crippen LogP contribution in [-0.2, 0) is 16.9 Å². The van der Waals surface area contributed by atoms with Crippen LogP contribution in [0.5, 0.6) is 5.75 Å². The number of methoxy groups -OCH3 is 1. The summed E-state index contributed by atoms with van der Waals surface area (Å²) in [6, 6.07) is 6.12. The molecule has 0 spiro atoms. The van der Waals surface area contributed by atoms with Crippen molar-refractivity contribution in [1.29, 1.82) is 0 Å². The van der Waals surface area contributed by atoms with Crippen LogP contribution in [0.2, 0.25) is 0 Å². The molecule has 0 saturated carbocycles. The van der Waals surface area contributed by atoms with Crippen molar-refractivity contribution in [2.24, 2.45) is 10.7 Å². The molecule has 0 bridgehead atoms. The highest BCUT2D eigenvalue weighted by Gasteiger charge is 2.43. The number of amides is 1. The van der Waals surface area contributed by atoms with E-state index >= 15 is 4.39 Å². The number of benzene rings is 1. The zero-order valence-electron chi connectivity index (χ0n) is 20.5. The fraction of sp³-hybridized carbons (Fsp3) is 0.360. The summed E-state index contributed by atoms with van der Waals surface area (Å²) in [6.45, 7) is 6.18. The van der Waals surface area contributed by atoms with Crippen LogP contribution in [0.4, 0.5) is 10.1 Å². The fourth-order valence-corrected chi connectivity index (χ4v) is 5.69. The van der Waals surface area contributed by atoms with E-state index in [2.05, 4.69) is 20.3 Å². The van der Waals surface area contributed by atoms with Gasteiger partial charge in [-0.15, -0.1) is 0 Å². The first kappa shape index (κ1) is 25.6. The van der Waals surface area contributed by atoms with E-state index in [0.29, 0.717) is 46.6 Å². The van der Waals surface area contributed by atoms with Gasteiger partial charge in [-0.2, -0.15) is 0 Å². The number of thioether (sulfide) groups is 1. The molecule has 9 nitrogen and oxygen atoms in total. The predicted molar refractivity (Wildman–Crippen MR) is 136 cm³/mol. The number of hydrogen-bond acceptors (Lipinski definition) is 9. The predicted octanol–water partition coefficient (Wildman–Crippen LogP) is 4.42. The number of pyridine rings is 1. The van der Waals surface area contributed by atoms with E-state index in [-0.39, 0.29) is 17.0 Å². The summed E-state index contributed by atoms with van der Waals surface area (Å²) in [7, 11) is 1.62. The fourth-order valence-electron chi connectivity index (χ4n) is 4.40. The average molecular weight is 514 g/mol. The third kappa shape index (κ3) is 5.68. The average Bonchev–Trinajstić information content (AvgIpc) is 3.31. The number of ether oxygens (including phenoxy) is 2. The van der Waals surface area contributed by atoms with Gasteiger partial charge in [0.1, 0.15) is 23.5 Å². The summed E-state index contributed by atoms with van der Waals surface area (Å²) < 4.78 is 30.7. The topological polar surface area (TPSA) is 125 Å². The highest BCUT2D eigenvalue weighted by atomic mass is 32.2. The molecule has 2 atom stereocenters. The van der Waals surface area contributed by atoms with E-state index in [1.165, 1.54) is 42.6 Å². The first-order chi connectivity index (χ1) is 17.1. The van der Waals surface area contributed by atoms with Crippen molar-refractivity contribution < 1.29 is 23.1 Å². The van der Waals surface area contributed by atoms with Gasteiger partial charge in [0.2, 0.25) is 5.89 Å². The van der Waals surface area contributed by atoms with Crippen LogP contribution in [0, 0.1) is 12.7 Å². The second kappa shape index (κ2) is 10.3. The normalized spacial score (nSPS) is 21.6. The number of oxazole rings is 1. The molecule has 3 heterocycles. The number of carbonyl (C=O) groups is 1. The van der Waals surface area contributed by atoms with Gasteiger partial charge in [0, 0.05) is 23.1 Å². The van der Waals surface area contributed by atoms with Crippen LogP contribution < -0.4 is 15.8 Å². The molecule has 1 aliphatic rings. The molecular weight excluding hydrogens is 485 g/mol. The van der Waals surface area contributed by atoms with Crippen LogP contribution in [0.1, 0.15) is 47.8 Å². The van der Waals surface area contributed by atoms with E-state index < -0.39 is 17.3 Å². The van der Waals surface area contributed by atoms with Crippen LogP contribution in [-0.4, -0.2) is 39.5 Å². The summed E-state index contributed by atoms with van der Waals surface area (Å²) in [5, 5.41) is 3.17. The van der Waals surface area contributed by atoms with Gasteiger partial charge in [0.15, 0.2) is 11.8 Å². The number of nitrogens with two attached hydrogens (primary N) is 1. The molecule has 2 aromatic heterocycles. The lowest BCUT2D eigenvalue weighted by Gasteiger charge is -2.41. The third-order valence-electron chi connectivity index (χ3n) is 5.79. The summed E-state index contributed by atoms with van der Waals surface area (Å²) in [5.74, 6) is 0.0471. The Balaban J connectivity index is 1.52. The minimum atomic E-state index is -0.927. The smallest absolute Gasteiger partial charge is 0.274 e. The lowest BCUT2D eigenvalue weighted by molar-refractivity contribution is 0.102. The van der Waals surface area contributed by atoms with Crippen molar-refractivity contribution in [1.82, 2.24) is 9.97 Å². The first-order valence-corrected chi connectivity index (χ1v) is 12.0. The Kier molecular flexibility index (Phi) is 7.32. The molecule has 1 aliphatic heterocycles. The SMILES string of the molecule is COC[C@@]1(C)C[C@@](C)(c2cc(NC(=O)c3ncc(OCc4ncco4)cc3C)ccc2F)N=C(N)S1. The van der Waals surface area contributed by atoms with Crippen molar-refractivity contribution in [2.75, 3.05) is 19.0 Å². The second-order valence-corrected chi connectivity index (χ2v) is 10.7. The molecule has 3 aromatic rings. The van der Waals surface area contributed by atoms with E-state index in [1.54, 1.807) is 26.2 Å². The Hall–Kier alpha value is -3.44. The number of anilines is 1. The van der Waals surface area contributed by atoms with Crippen LogP contribution in [0.3, 0.4) is 0 Å². The second-order valence-electron chi connectivity index (χ2n) is 9.09. The van der Waals surface area contributed by atoms with Crippen molar-refractivity contribution in [2.45, 2.75) is 44.1 Å². The lowest BCUT2D eigenvalue weighted by atomic mass is 9.83. The molecule has 3 N–H and O–H groups in total. The Labute approximate surface area is 212 Å². The molecule has 0 radical (unpaired) electrons. The van der Waals surface area contributed by atoms with Gasteiger partial charge < -0.3 is 24.9 Å². The van der Waals surface area contributed by atoms with Crippen LogP contribution in [0.15, 0.2) is 52.3 Å². The number of rotatable bonds is 8. The van der Waals surface area contributed by atoms with Crippen LogP contribution in [0.25, 0.3) is 0 Å². The number of nitrogens with one attached hydrogen (secondary N) is 1. The quantitative estimate of drug-likeness (QED) is 0.454. The van der Waals surface area contributed by atoms with Crippen molar-refractivity contribution >= 4 is 28.5 Å². The van der Waals surface area contributed by atoms with Gasteiger partial charge in [-0.05, 0) is 57.0 Å². The molecule has 190 valence electrons. The number of aliphatic imine (C=N–C) groups is 1. The molecule has 0 fully saturated rings. The van der Waals surface area contributed by atoms with Gasteiger partial charge >= 0.3 is 0 Å². The minimum absolute atomic E-state index is 0.145. The number of nitrogens with zero attached hydrogens (tertiary/aromatic N) is 3. The Bertz CT molecular complexity index is 1290. The number of carbonyl (C=O) groups excluding carboxylic acids is 1. The minimum Gasteiger partial charge on any atom is -0.482 e.